The van der Waals surface area contributed by atoms with Crippen LogP contribution >= 0.6 is 0 Å². The molecule has 9 nitrogen and oxygen atoms in total. The average Bonchev–Trinajstić information content (AvgIpc) is 3.62. The number of amides is 2. The second-order valence-electron chi connectivity index (χ2n) is 9.24. The van der Waals surface area contributed by atoms with Gasteiger partial charge in [-0.15, -0.1) is 0 Å². The first-order valence-corrected chi connectivity index (χ1v) is 11.2. The predicted molar refractivity (Wildman–Crippen MR) is 123 cm³/mol. The van der Waals surface area contributed by atoms with Crippen LogP contribution < -0.4 is 20.4 Å². The maximum absolute atomic E-state index is 11.5. The van der Waals surface area contributed by atoms with Gasteiger partial charge in [-0.05, 0) is 56.9 Å². The summed E-state index contributed by atoms with van der Waals surface area (Å²) in [5.74, 6) is 2.06. The number of fused-ring (bicyclic) bond motifs is 3. The Hall–Kier alpha value is -2.91. The lowest BCUT2D eigenvalue weighted by Crippen LogP contribution is -2.70. The summed E-state index contributed by atoms with van der Waals surface area (Å²) < 4.78 is 5.96. The van der Waals surface area contributed by atoms with E-state index in [1.807, 2.05) is 44.3 Å². The molecule has 1 aromatic heterocycles. The molecule has 2 aliphatic heterocycles. The van der Waals surface area contributed by atoms with Crippen LogP contribution in [0.1, 0.15) is 26.7 Å². The smallest absolute Gasteiger partial charge is 0.318 e. The standard InChI is InChI=1S/C23H30N6O3/c1-14-11-29-20-18(28(12-15-4-5-15)21(30)23(29,2)13-32-14)10-25-19(27-20)16-6-8-17(9-7-16)26-22(31)24-3/h6-10,14-15,21,30H,4-5,11-13H2,1-3H3,(H2,24,26,31). The lowest BCUT2D eigenvalue weighted by Gasteiger charge is -2.56. The molecule has 2 fully saturated rings. The molecule has 1 aliphatic carbocycles. The number of morpholine rings is 1. The van der Waals surface area contributed by atoms with Gasteiger partial charge in [-0.3, -0.25) is 0 Å². The zero-order valence-corrected chi connectivity index (χ0v) is 18.7. The number of urea groups is 1. The number of anilines is 3. The van der Waals surface area contributed by atoms with E-state index in [0.29, 0.717) is 30.6 Å². The quantitative estimate of drug-likeness (QED) is 0.674. The van der Waals surface area contributed by atoms with Gasteiger partial charge in [0.2, 0.25) is 0 Å². The lowest BCUT2D eigenvalue weighted by atomic mass is 9.91. The van der Waals surface area contributed by atoms with Crippen molar-refractivity contribution in [2.24, 2.45) is 5.92 Å². The maximum Gasteiger partial charge on any atom is 0.318 e. The van der Waals surface area contributed by atoms with Gasteiger partial charge < -0.3 is 30.3 Å². The fourth-order valence-corrected chi connectivity index (χ4v) is 4.50. The fraction of sp³-hybridized carbons (Fsp3) is 0.522. The number of nitrogens with zero attached hydrogens (tertiary/aromatic N) is 4. The van der Waals surface area contributed by atoms with Gasteiger partial charge >= 0.3 is 6.03 Å². The van der Waals surface area contributed by atoms with E-state index in [-0.39, 0.29) is 12.1 Å². The van der Waals surface area contributed by atoms with E-state index in [0.717, 1.165) is 23.6 Å². The van der Waals surface area contributed by atoms with Crippen molar-refractivity contribution >= 4 is 23.2 Å². The molecule has 170 valence electrons. The molecule has 3 aliphatic rings. The second kappa shape index (κ2) is 7.90. The van der Waals surface area contributed by atoms with Crippen LogP contribution in [0.15, 0.2) is 30.5 Å². The molecular weight excluding hydrogens is 408 g/mol. The van der Waals surface area contributed by atoms with Crippen molar-refractivity contribution in [2.45, 2.75) is 44.6 Å². The third-order valence-corrected chi connectivity index (χ3v) is 6.66. The number of aliphatic hydroxyl groups is 1. The van der Waals surface area contributed by atoms with Crippen LogP contribution in [0.5, 0.6) is 0 Å². The minimum Gasteiger partial charge on any atom is -0.374 e. The van der Waals surface area contributed by atoms with E-state index in [9.17, 15) is 9.90 Å². The van der Waals surface area contributed by atoms with Crippen LogP contribution in [0, 0.1) is 5.92 Å². The van der Waals surface area contributed by atoms with E-state index < -0.39 is 11.8 Å². The van der Waals surface area contributed by atoms with E-state index in [2.05, 4.69) is 25.4 Å². The summed E-state index contributed by atoms with van der Waals surface area (Å²) in [6, 6.07) is 7.19. The van der Waals surface area contributed by atoms with Gasteiger partial charge in [-0.25, -0.2) is 14.8 Å². The second-order valence-corrected chi connectivity index (χ2v) is 9.24. The van der Waals surface area contributed by atoms with Gasteiger partial charge in [-0.2, -0.15) is 0 Å². The summed E-state index contributed by atoms with van der Waals surface area (Å²) in [6.07, 6.45) is 3.59. The van der Waals surface area contributed by atoms with Gasteiger partial charge in [0.25, 0.3) is 0 Å². The number of nitrogens with one attached hydrogen (secondary N) is 2. The minimum atomic E-state index is -0.687. The van der Waals surface area contributed by atoms with E-state index >= 15 is 0 Å². The monoisotopic (exact) mass is 438 g/mol. The molecule has 3 atom stereocenters. The maximum atomic E-state index is 11.5. The van der Waals surface area contributed by atoms with E-state index in [1.165, 1.54) is 12.8 Å². The van der Waals surface area contributed by atoms with Gasteiger partial charge in [-0.1, -0.05) is 0 Å². The molecule has 32 heavy (non-hydrogen) atoms. The molecular formula is C23H30N6O3. The van der Waals surface area contributed by atoms with Crippen molar-refractivity contribution in [3.63, 3.8) is 0 Å². The van der Waals surface area contributed by atoms with Gasteiger partial charge in [0.15, 0.2) is 17.9 Å². The van der Waals surface area contributed by atoms with Crippen LogP contribution in [0.2, 0.25) is 0 Å². The number of rotatable bonds is 4. The highest BCUT2D eigenvalue weighted by molar-refractivity contribution is 5.89. The Kier molecular flexibility index (Phi) is 5.17. The summed E-state index contributed by atoms with van der Waals surface area (Å²) in [4.78, 5) is 25.4. The van der Waals surface area contributed by atoms with Crippen LogP contribution in [-0.4, -0.2) is 65.7 Å². The lowest BCUT2D eigenvalue weighted by molar-refractivity contribution is -0.0502. The van der Waals surface area contributed by atoms with Crippen molar-refractivity contribution in [1.29, 1.82) is 0 Å². The van der Waals surface area contributed by atoms with Crippen molar-refractivity contribution in [2.75, 3.05) is 41.9 Å². The Morgan fingerprint density at radius 2 is 2.06 bits per heavy atom. The molecule has 1 saturated carbocycles. The summed E-state index contributed by atoms with van der Waals surface area (Å²) in [7, 11) is 1.58. The molecule has 3 unspecified atom stereocenters. The largest absolute Gasteiger partial charge is 0.374 e. The Balaban J connectivity index is 1.52. The molecule has 2 aromatic rings. The topological polar surface area (TPSA) is 103 Å². The first-order chi connectivity index (χ1) is 15.4. The summed E-state index contributed by atoms with van der Waals surface area (Å²) in [6.45, 7) is 5.99. The predicted octanol–water partition coefficient (Wildman–Crippen LogP) is 2.43. The molecule has 5 rings (SSSR count). The molecule has 0 spiro atoms. The Morgan fingerprint density at radius 1 is 1.31 bits per heavy atom. The molecule has 0 bridgehead atoms. The van der Waals surface area contributed by atoms with Gasteiger partial charge in [0.1, 0.15) is 11.2 Å². The van der Waals surface area contributed by atoms with E-state index in [4.69, 9.17) is 9.72 Å². The summed E-state index contributed by atoms with van der Waals surface area (Å²) >= 11 is 0. The highest BCUT2D eigenvalue weighted by atomic mass is 16.5. The highest BCUT2D eigenvalue weighted by Crippen LogP contribution is 2.45. The normalized spacial score (nSPS) is 26.9. The third-order valence-electron chi connectivity index (χ3n) is 6.66. The Bertz CT molecular complexity index is 1010. The summed E-state index contributed by atoms with van der Waals surface area (Å²) in [5, 5.41) is 16.6. The zero-order chi connectivity index (χ0) is 22.5. The first kappa shape index (κ1) is 21.0. The minimum absolute atomic E-state index is 0.0478. The molecule has 1 saturated heterocycles. The van der Waals surface area contributed by atoms with E-state index in [1.54, 1.807) is 7.05 Å². The number of ether oxygens (including phenoxy) is 1. The number of carbonyl (C=O) groups excluding carboxylic acids is 1. The van der Waals surface area contributed by atoms with Crippen LogP contribution in [0.3, 0.4) is 0 Å². The van der Waals surface area contributed by atoms with Crippen molar-refractivity contribution in [1.82, 2.24) is 15.3 Å². The Morgan fingerprint density at radius 3 is 2.75 bits per heavy atom. The average molecular weight is 439 g/mol. The van der Waals surface area contributed by atoms with Crippen LogP contribution in [0.4, 0.5) is 22.0 Å². The molecule has 2 amide bonds. The number of carbonyl (C=O) groups is 1. The molecule has 1 aromatic carbocycles. The van der Waals surface area contributed by atoms with Gasteiger partial charge in [0, 0.05) is 31.4 Å². The van der Waals surface area contributed by atoms with Gasteiger partial charge in [0.05, 0.1) is 18.9 Å². The molecule has 3 N–H and O–H groups in total. The summed E-state index contributed by atoms with van der Waals surface area (Å²) in [5.41, 5.74) is 1.84. The van der Waals surface area contributed by atoms with Crippen molar-refractivity contribution in [3.8, 4) is 11.4 Å². The first-order valence-electron chi connectivity index (χ1n) is 11.2. The number of hydrogen-bond acceptors (Lipinski definition) is 7. The number of aliphatic hydroxyl groups excluding tert-OH is 1. The molecule has 3 heterocycles. The number of aromatic nitrogens is 2. The molecule has 0 radical (unpaired) electrons. The highest BCUT2D eigenvalue weighted by Gasteiger charge is 2.52. The third kappa shape index (κ3) is 3.65. The molecule has 9 heteroatoms. The fourth-order valence-electron chi connectivity index (χ4n) is 4.50. The van der Waals surface area contributed by atoms with Crippen LogP contribution in [-0.2, 0) is 4.74 Å². The Labute approximate surface area is 187 Å². The number of hydrogen-bond donors (Lipinski definition) is 3. The SMILES string of the molecule is CNC(=O)Nc1ccc(-c2ncc3c(n2)N2CC(C)OCC2(C)C(O)N3CC2CC2)cc1. The van der Waals surface area contributed by atoms with Crippen LogP contribution in [0.25, 0.3) is 11.4 Å². The van der Waals surface area contributed by atoms with Crippen molar-refractivity contribution < 1.29 is 14.6 Å². The van der Waals surface area contributed by atoms with Crippen molar-refractivity contribution in [3.05, 3.63) is 30.5 Å². The zero-order valence-electron chi connectivity index (χ0n) is 18.7. The number of benzene rings is 1.